The molecule has 0 heterocycles. The summed E-state index contributed by atoms with van der Waals surface area (Å²) < 4.78 is 38.3. The third kappa shape index (κ3) is 2.64. The molecule has 17 heavy (non-hydrogen) atoms. The Morgan fingerprint density at radius 2 is 2.00 bits per heavy atom. The summed E-state index contributed by atoms with van der Waals surface area (Å²) in [6.45, 7) is 2.71. The van der Waals surface area contributed by atoms with E-state index in [0.29, 0.717) is 12.0 Å². The van der Waals surface area contributed by atoms with Crippen LogP contribution in [0.15, 0.2) is 12.1 Å². The largest absolute Gasteiger partial charge is 0.417 e. The number of alkyl halides is 3. The van der Waals surface area contributed by atoms with Crippen molar-refractivity contribution in [3.8, 4) is 6.07 Å². The summed E-state index contributed by atoms with van der Waals surface area (Å²) in [5.41, 5.74) is -1.40. The molecule has 0 aliphatic carbocycles. The first-order valence-corrected chi connectivity index (χ1v) is 4.96. The number of Topliss-reactive ketones (excluding diaryl/α,β-unsaturated/α-hetero) is 1. The topological polar surface area (TPSA) is 40.9 Å². The van der Waals surface area contributed by atoms with Crippen molar-refractivity contribution < 1.29 is 18.0 Å². The van der Waals surface area contributed by atoms with E-state index in [1.165, 1.54) is 6.07 Å². The van der Waals surface area contributed by atoms with Crippen LogP contribution < -0.4 is 0 Å². The molecule has 90 valence electrons. The molecular formula is C12H10F3NO. The fourth-order valence-electron chi connectivity index (χ4n) is 1.60. The molecule has 0 aliphatic heterocycles. The van der Waals surface area contributed by atoms with Crippen LogP contribution in [0.4, 0.5) is 13.2 Å². The van der Waals surface area contributed by atoms with Crippen LogP contribution in [0.2, 0.25) is 0 Å². The number of ketones is 1. The van der Waals surface area contributed by atoms with Crippen molar-refractivity contribution in [2.24, 2.45) is 0 Å². The molecule has 2 nitrogen and oxygen atoms in total. The normalized spacial score (nSPS) is 11.1. The molecule has 0 aliphatic rings. The van der Waals surface area contributed by atoms with Gasteiger partial charge in [-0.15, -0.1) is 0 Å². The Labute approximate surface area is 96.7 Å². The number of benzene rings is 1. The van der Waals surface area contributed by atoms with Crippen LogP contribution in [0.5, 0.6) is 0 Å². The van der Waals surface area contributed by atoms with Gasteiger partial charge in [0.05, 0.1) is 17.2 Å². The minimum Gasteiger partial charge on any atom is -0.294 e. The zero-order valence-corrected chi connectivity index (χ0v) is 9.35. The van der Waals surface area contributed by atoms with Gasteiger partial charge in [-0.25, -0.2) is 0 Å². The molecule has 0 fully saturated rings. The Morgan fingerprint density at radius 1 is 1.41 bits per heavy atom. The predicted octanol–water partition coefficient (Wildman–Crippen LogP) is 3.34. The number of nitriles is 1. The molecule has 0 atom stereocenters. The average Bonchev–Trinajstić information content (AvgIpc) is 2.25. The van der Waals surface area contributed by atoms with E-state index in [9.17, 15) is 18.0 Å². The molecule has 5 heteroatoms. The summed E-state index contributed by atoms with van der Waals surface area (Å²) in [7, 11) is 0. The lowest BCUT2D eigenvalue weighted by molar-refractivity contribution is -0.138. The van der Waals surface area contributed by atoms with Crippen LogP contribution in [0.25, 0.3) is 0 Å². The Kier molecular flexibility index (Phi) is 3.56. The van der Waals surface area contributed by atoms with Gasteiger partial charge in [-0.05, 0) is 31.0 Å². The molecule has 1 aromatic rings. The van der Waals surface area contributed by atoms with E-state index < -0.39 is 23.1 Å². The number of carbonyl (C=O) groups is 1. The lowest BCUT2D eigenvalue weighted by Gasteiger charge is -2.14. The fourth-order valence-corrected chi connectivity index (χ4v) is 1.60. The van der Waals surface area contributed by atoms with E-state index in [1.807, 2.05) is 0 Å². The zero-order valence-electron chi connectivity index (χ0n) is 9.35. The summed E-state index contributed by atoms with van der Waals surface area (Å²) in [4.78, 5) is 11.2. The van der Waals surface area contributed by atoms with E-state index >= 15 is 0 Å². The molecule has 0 saturated heterocycles. The van der Waals surface area contributed by atoms with Crippen LogP contribution in [-0.4, -0.2) is 5.78 Å². The highest BCUT2D eigenvalue weighted by Gasteiger charge is 2.36. The van der Waals surface area contributed by atoms with Crippen molar-refractivity contribution in [1.29, 1.82) is 5.26 Å². The van der Waals surface area contributed by atoms with Crippen molar-refractivity contribution in [3.05, 3.63) is 34.4 Å². The second-order valence-corrected chi connectivity index (χ2v) is 3.59. The van der Waals surface area contributed by atoms with Crippen molar-refractivity contribution in [1.82, 2.24) is 0 Å². The van der Waals surface area contributed by atoms with E-state index in [2.05, 4.69) is 0 Å². The second kappa shape index (κ2) is 4.58. The summed E-state index contributed by atoms with van der Waals surface area (Å²) in [5, 5.41) is 8.81. The van der Waals surface area contributed by atoms with Crippen LogP contribution in [0.1, 0.15) is 40.9 Å². The van der Waals surface area contributed by atoms with E-state index in [-0.39, 0.29) is 5.56 Å². The summed E-state index contributed by atoms with van der Waals surface area (Å²) >= 11 is 0. The Balaban J connectivity index is 3.66. The fraction of sp³-hybridized carbons (Fsp3) is 0.333. The van der Waals surface area contributed by atoms with Crippen molar-refractivity contribution in [2.75, 3.05) is 0 Å². The molecule has 0 radical (unpaired) electrons. The minimum absolute atomic E-state index is 0.218. The lowest BCUT2D eigenvalue weighted by atomic mass is 9.94. The van der Waals surface area contributed by atoms with Gasteiger partial charge in [0.15, 0.2) is 5.78 Å². The van der Waals surface area contributed by atoms with Crippen LogP contribution >= 0.6 is 0 Å². The highest BCUT2D eigenvalue weighted by atomic mass is 19.4. The van der Waals surface area contributed by atoms with Gasteiger partial charge < -0.3 is 0 Å². The molecule has 1 aromatic carbocycles. The van der Waals surface area contributed by atoms with Crippen molar-refractivity contribution in [3.63, 3.8) is 0 Å². The quantitative estimate of drug-likeness (QED) is 0.745. The standard InChI is InChI=1S/C12H10F3NO/c1-3-8-4-9(6-16)11(7(2)17)10(5-8)12(13,14)15/h4-5H,3H2,1-2H3. The molecule has 1 rings (SSSR count). The Bertz CT molecular complexity index is 498. The van der Waals surface area contributed by atoms with Gasteiger partial charge in [0, 0.05) is 5.56 Å². The van der Waals surface area contributed by atoms with Gasteiger partial charge in [0.1, 0.15) is 0 Å². The maximum absolute atomic E-state index is 12.8. The Hall–Kier alpha value is -1.83. The Morgan fingerprint density at radius 3 is 2.35 bits per heavy atom. The van der Waals surface area contributed by atoms with Gasteiger partial charge in [-0.3, -0.25) is 4.79 Å². The highest BCUT2D eigenvalue weighted by molar-refractivity contribution is 5.98. The molecule has 0 bridgehead atoms. The monoisotopic (exact) mass is 241 g/mol. The minimum atomic E-state index is -4.63. The average molecular weight is 241 g/mol. The maximum Gasteiger partial charge on any atom is 0.417 e. The zero-order chi connectivity index (χ0) is 13.2. The number of carbonyl (C=O) groups excluding carboxylic acids is 1. The first kappa shape index (κ1) is 13.2. The van der Waals surface area contributed by atoms with Gasteiger partial charge in [0.2, 0.25) is 0 Å². The maximum atomic E-state index is 12.8. The van der Waals surface area contributed by atoms with Gasteiger partial charge >= 0.3 is 6.18 Å². The summed E-state index contributed by atoms with van der Waals surface area (Å²) in [5.74, 6) is -0.753. The van der Waals surface area contributed by atoms with Crippen LogP contribution in [-0.2, 0) is 12.6 Å². The third-order valence-corrected chi connectivity index (χ3v) is 2.38. The summed E-state index contributed by atoms with van der Waals surface area (Å²) in [6, 6.07) is 3.90. The third-order valence-electron chi connectivity index (χ3n) is 2.38. The van der Waals surface area contributed by atoms with E-state index in [4.69, 9.17) is 5.26 Å². The molecule has 0 N–H and O–H groups in total. The second-order valence-electron chi connectivity index (χ2n) is 3.59. The number of halogens is 3. The van der Waals surface area contributed by atoms with Gasteiger partial charge in [-0.2, -0.15) is 18.4 Å². The predicted molar refractivity (Wildman–Crippen MR) is 55.5 cm³/mol. The SMILES string of the molecule is CCc1cc(C#N)c(C(C)=O)c(C(F)(F)F)c1. The van der Waals surface area contributed by atoms with E-state index in [0.717, 1.165) is 13.0 Å². The number of aryl methyl sites for hydroxylation is 1. The first-order valence-electron chi connectivity index (χ1n) is 4.96. The molecule has 0 amide bonds. The van der Waals surface area contributed by atoms with Crippen molar-refractivity contribution >= 4 is 5.78 Å². The van der Waals surface area contributed by atoms with Crippen LogP contribution in [0.3, 0.4) is 0 Å². The number of nitrogens with zero attached hydrogens (tertiary/aromatic N) is 1. The highest BCUT2D eigenvalue weighted by Crippen LogP contribution is 2.34. The first-order chi connectivity index (χ1) is 7.81. The van der Waals surface area contributed by atoms with Gasteiger partial charge in [-0.1, -0.05) is 6.92 Å². The molecule has 0 spiro atoms. The lowest BCUT2D eigenvalue weighted by Crippen LogP contribution is -2.14. The molecule has 0 saturated carbocycles. The smallest absolute Gasteiger partial charge is 0.294 e. The summed E-state index contributed by atoms with van der Waals surface area (Å²) in [6.07, 6.45) is -4.26. The number of hydrogen-bond donors (Lipinski definition) is 0. The molecule has 0 aromatic heterocycles. The molecular weight excluding hydrogens is 231 g/mol. The van der Waals surface area contributed by atoms with Gasteiger partial charge in [0.25, 0.3) is 0 Å². The van der Waals surface area contributed by atoms with Crippen molar-refractivity contribution in [2.45, 2.75) is 26.4 Å². The van der Waals surface area contributed by atoms with Crippen LogP contribution in [0, 0.1) is 11.3 Å². The molecule has 0 unspecified atom stereocenters. The number of hydrogen-bond acceptors (Lipinski definition) is 2. The number of rotatable bonds is 2. The van der Waals surface area contributed by atoms with E-state index in [1.54, 1.807) is 13.0 Å².